The Kier molecular flexibility index (Phi) is 6.07. The Hall–Kier alpha value is -3.54. The molecule has 1 aromatic heterocycles. The summed E-state index contributed by atoms with van der Waals surface area (Å²) in [6, 6.07) is 18.2. The fourth-order valence-corrected chi connectivity index (χ4v) is 3.66. The van der Waals surface area contributed by atoms with Gasteiger partial charge in [-0.05, 0) is 73.7 Å². The van der Waals surface area contributed by atoms with Gasteiger partial charge in [-0.25, -0.2) is 0 Å². The molecule has 6 heteroatoms. The highest BCUT2D eigenvalue weighted by Crippen LogP contribution is 2.36. The molecule has 1 fully saturated rings. The van der Waals surface area contributed by atoms with Gasteiger partial charge in [-0.1, -0.05) is 18.2 Å². The molecule has 6 nitrogen and oxygen atoms in total. The Morgan fingerprint density at radius 1 is 1.13 bits per heavy atom. The topological polar surface area (TPSA) is 71.8 Å². The number of amides is 2. The highest BCUT2D eigenvalue weighted by atomic mass is 16.5. The molecular formula is C25H26N2O4. The molecule has 4 rings (SSSR count). The zero-order valence-corrected chi connectivity index (χ0v) is 17.7. The van der Waals surface area contributed by atoms with Crippen LogP contribution >= 0.6 is 0 Å². The minimum Gasteiger partial charge on any atom is -0.497 e. The van der Waals surface area contributed by atoms with Gasteiger partial charge in [-0.15, -0.1) is 0 Å². The predicted octanol–water partition coefficient (Wildman–Crippen LogP) is 4.98. The number of carbonyl (C=O) groups is 2. The molecule has 1 aliphatic carbocycles. The molecule has 0 saturated heterocycles. The standard InChI is InChI=1S/C25H26N2O4/c1-17(19-10-11-19)27(16-18-8-12-22(30-2)13-9-18)25(29)20-5-3-6-21(15-20)26-24(28)23-7-4-14-31-23/h3-9,12-15,17,19H,10-11,16H2,1-2H3,(H,26,28). The number of ether oxygens (including phenoxy) is 1. The molecule has 2 amide bonds. The van der Waals surface area contributed by atoms with E-state index < -0.39 is 0 Å². The maximum absolute atomic E-state index is 13.5. The van der Waals surface area contributed by atoms with E-state index >= 15 is 0 Å². The molecule has 1 aliphatic rings. The summed E-state index contributed by atoms with van der Waals surface area (Å²) in [6.45, 7) is 2.63. The van der Waals surface area contributed by atoms with Gasteiger partial charge < -0.3 is 19.4 Å². The van der Waals surface area contributed by atoms with E-state index in [4.69, 9.17) is 9.15 Å². The zero-order valence-electron chi connectivity index (χ0n) is 17.7. The first-order valence-corrected chi connectivity index (χ1v) is 10.4. The number of methoxy groups -OCH3 is 1. The lowest BCUT2D eigenvalue weighted by molar-refractivity contribution is 0.0654. The fourth-order valence-electron chi connectivity index (χ4n) is 3.66. The van der Waals surface area contributed by atoms with Gasteiger partial charge in [0.1, 0.15) is 5.75 Å². The fraction of sp³-hybridized carbons (Fsp3) is 0.280. The zero-order chi connectivity index (χ0) is 21.8. The molecule has 1 saturated carbocycles. The van der Waals surface area contributed by atoms with E-state index in [-0.39, 0.29) is 23.6 Å². The van der Waals surface area contributed by atoms with Gasteiger partial charge in [0.2, 0.25) is 0 Å². The molecule has 1 atom stereocenters. The lowest BCUT2D eigenvalue weighted by atomic mass is 10.1. The van der Waals surface area contributed by atoms with Gasteiger partial charge in [0.25, 0.3) is 11.8 Å². The summed E-state index contributed by atoms with van der Waals surface area (Å²) in [4.78, 5) is 27.7. The lowest BCUT2D eigenvalue weighted by Crippen LogP contribution is -2.39. The van der Waals surface area contributed by atoms with Crippen molar-refractivity contribution in [2.45, 2.75) is 32.4 Å². The van der Waals surface area contributed by atoms with E-state index in [0.29, 0.717) is 23.7 Å². The molecule has 3 aromatic rings. The van der Waals surface area contributed by atoms with E-state index in [1.165, 1.54) is 6.26 Å². The number of benzene rings is 2. The Bertz CT molecular complexity index is 1040. The molecule has 0 spiro atoms. The summed E-state index contributed by atoms with van der Waals surface area (Å²) >= 11 is 0. The molecular weight excluding hydrogens is 392 g/mol. The van der Waals surface area contributed by atoms with Crippen LogP contribution in [0.1, 0.15) is 46.2 Å². The predicted molar refractivity (Wildman–Crippen MR) is 118 cm³/mol. The molecule has 31 heavy (non-hydrogen) atoms. The smallest absolute Gasteiger partial charge is 0.291 e. The van der Waals surface area contributed by atoms with Crippen LogP contribution in [0.3, 0.4) is 0 Å². The Labute approximate surface area is 181 Å². The summed E-state index contributed by atoms with van der Waals surface area (Å²) in [5, 5.41) is 2.79. The number of furan rings is 1. The number of rotatable bonds is 8. The summed E-state index contributed by atoms with van der Waals surface area (Å²) in [6.07, 6.45) is 3.74. The second-order valence-electron chi connectivity index (χ2n) is 7.87. The third kappa shape index (κ3) is 4.97. The van der Waals surface area contributed by atoms with Crippen molar-refractivity contribution >= 4 is 17.5 Å². The second kappa shape index (κ2) is 9.08. The van der Waals surface area contributed by atoms with Gasteiger partial charge in [0.15, 0.2) is 5.76 Å². The van der Waals surface area contributed by atoms with Crippen LogP contribution in [0.2, 0.25) is 0 Å². The van der Waals surface area contributed by atoms with Crippen molar-refractivity contribution < 1.29 is 18.7 Å². The van der Waals surface area contributed by atoms with Crippen LogP contribution in [-0.2, 0) is 6.54 Å². The molecule has 1 N–H and O–H groups in total. The first kappa shape index (κ1) is 20.7. The van der Waals surface area contributed by atoms with Gasteiger partial charge in [0.05, 0.1) is 13.4 Å². The van der Waals surface area contributed by atoms with Crippen molar-refractivity contribution in [3.05, 3.63) is 83.8 Å². The van der Waals surface area contributed by atoms with Crippen LogP contribution in [0.5, 0.6) is 5.75 Å². The van der Waals surface area contributed by atoms with Crippen molar-refractivity contribution in [1.29, 1.82) is 0 Å². The normalized spacial score (nSPS) is 14.0. The minimum atomic E-state index is -0.351. The summed E-state index contributed by atoms with van der Waals surface area (Å²) < 4.78 is 10.4. The van der Waals surface area contributed by atoms with Crippen LogP contribution in [0.15, 0.2) is 71.3 Å². The number of nitrogens with one attached hydrogen (secondary N) is 1. The second-order valence-corrected chi connectivity index (χ2v) is 7.87. The number of anilines is 1. The van der Waals surface area contributed by atoms with E-state index in [1.807, 2.05) is 29.2 Å². The van der Waals surface area contributed by atoms with Crippen molar-refractivity contribution in [2.75, 3.05) is 12.4 Å². The van der Waals surface area contributed by atoms with Crippen molar-refractivity contribution in [3.8, 4) is 5.75 Å². The van der Waals surface area contributed by atoms with Crippen molar-refractivity contribution in [2.24, 2.45) is 5.92 Å². The number of carbonyl (C=O) groups excluding carboxylic acids is 2. The highest BCUT2D eigenvalue weighted by Gasteiger charge is 2.34. The van der Waals surface area contributed by atoms with Crippen LogP contribution in [0.25, 0.3) is 0 Å². The van der Waals surface area contributed by atoms with Gasteiger partial charge in [0, 0.05) is 23.8 Å². The van der Waals surface area contributed by atoms with Crippen LogP contribution in [0, 0.1) is 5.92 Å². The van der Waals surface area contributed by atoms with E-state index in [1.54, 1.807) is 43.5 Å². The summed E-state index contributed by atoms with van der Waals surface area (Å²) in [5.74, 6) is 1.14. The van der Waals surface area contributed by atoms with E-state index in [0.717, 1.165) is 24.2 Å². The number of hydrogen-bond donors (Lipinski definition) is 1. The van der Waals surface area contributed by atoms with Crippen LogP contribution in [-0.4, -0.2) is 29.9 Å². The molecule has 0 aliphatic heterocycles. The van der Waals surface area contributed by atoms with Gasteiger partial charge in [-0.3, -0.25) is 9.59 Å². The highest BCUT2D eigenvalue weighted by molar-refractivity contribution is 6.03. The average Bonchev–Trinajstić information content (AvgIpc) is 3.50. The maximum atomic E-state index is 13.5. The maximum Gasteiger partial charge on any atom is 0.291 e. The minimum absolute atomic E-state index is 0.0516. The number of hydrogen-bond acceptors (Lipinski definition) is 4. The van der Waals surface area contributed by atoms with Crippen molar-refractivity contribution in [1.82, 2.24) is 4.90 Å². The lowest BCUT2D eigenvalue weighted by Gasteiger charge is -2.30. The summed E-state index contributed by atoms with van der Waals surface area (Å²) in [7, 11) is 1.64. The van der Waals surface area contributed by atoms with Crippen LogP contribution in [0.4, 0.5) is 5.69 Å². The quantitative estimate of drug-likeness (QED) is 0.560. The first-order valence-electron chi connectivity index (χ1n) is 10.4. The van der Waals surface area contributed by atoms with Gasteiger partial charge in [-0.2, -0.15) is 0 Å². The third-order valence-electron chi connectivity index (χ3n) is 5.68. The molecule has 2 aromatic carbocycles. The Morgan fingerprint density at radius 3 is 2.55 bits per heavy atom. The van der Waals surface area contributed by atoms with Gasteiger partial charge >= 0.3 is 0 Å². The number of nitrogens with zero attached hydrogens (tertiary/aromatic N) is 1. The van der Waals surface area contributed by atoms with E-state index in [2.05, 4.69) is 12.2 Å². The van der Waals surface area contributed by atoms with E-state index in [9.17, 15) is 9.59 Å². The molecule has 1 heterocycles. The molecule has 1 unspecified atom stereocenters. The Morgan fingerprint density at radius 2 is 1.90 bits per heavy atom. The van der Waals surface area contributed by atoms with Crippen molar-refractivity contribution in [3.63, 3.8) is 0 Å². The monoisotopic (exact) mass is 418 g/mol. The average molecular weight is 418 g/mol. The molecule has 0 bridgehead atoms. The molecule has 0 radical (unpaired) electrons. The largest absolute Gasteiger partial charge is 0.497 e. The van der Waals surface area contributed by atoms with Crippen LogP contribution < -0.4 is 10.1 Å². The first-order chi connectivity index (χ1) is 15.0. The SMILES string of the molecule is COc1ccc(CN(C(=O)c2cccc(NC(=O)c3ccco3)c2)C(C)C2CC2)cc1. The molecule has 160 valence electrons. The Balaban J connectivity index is 1.53. The third-order valence-corrected chi connectivity index (χ3v) is 5.68. The summed E-state index contributed by atoms with van der Waals surface area (Å²) in [5.41, 5.74) is 2.14.